The van der Waals surface area contributed by atoms with Crippen molar-refractivity contribution in [2.24, 2.45) is 11.8 Å². The van der Waals surface area contributed by atoms with Crippen LogP contribution in [0.15, 0.2) is 103 Å². The van der Waals surface area contributed by atoms with Gasteiger partial charge in [0.2, 0.25) is 0 Å². The molecule has 1 aliphatic heterocycles. The second-order valence-corrected chi connectivity index (χ2v) is 14.9. The highest BCUT2D eigenvalue weighted by Gasteiger charge is 2.19. The SMILES string of the molecule is CCC(C)CCc1ccc2ccc(Cc3ccc4ccc(C)c(-c5ccc6ccc(CCC7CN7)cc6c5)c4c3)cc2c1.CCC1CC1. The molecule has 0 aromatic heterocycles. The number of rotatable bonds is 11. The Labute approximate surface area is 288 Å². The molecule has 0 spiro atoms. The second kappa shape index (κ2) is 14.7. The fourth-order valence-electron chi connectivity index (χ4n) is 7.19. The summed E-state index contributed by atoms with van der Waals surface area (Å²) in [5, 5.41) is 11.4. The third-order valence-corrected chi connectivity index (χ3v) is 11.0. The van der Waals surface area contributed by atoms with E-state index in [2.05, 4.69) is 136 Å². The normalized spacial score (nSPS) is 16.2. The Morgan fingerprint density at radius 1 is 0.646 bits per heavy atom. The van der Waals surface area contributed by atoms with Gasteiger partial charge < -0.3 is 5.32 Å². The summed E-state index contributed by atoms with van der Waals surface area (Å²) in [4.78, 5) is 0. The van der Waals surface area contributed by atoms with Crippen LogP contribution in [0.25, 0.3) is 43.4 Å². The standard InChI is InChI=1S/C42H43N.C5H10/c1-4-28(2)5-7-30-8-14-34-16-10-32(24-38(34)22-30)21-33-11-17-36-13-6-29(3)42(41(36)25-33)37-19-18-35-15-9-31(23-39(35)26-37)12-20-40-27-43-40;1-2-5-3-4-5/h6,8-11,13-19,22-26,28,40,43H,4-5,7,12,20-21,27H2,1-3H3;5H,2-4H2,1H3. The maximum absolute atomic E-state index is 3.43. The van der Waals surface area contributed by atoms with Gasteiger partial charge in [0.1, 0.15) is 0 Å². The van der Waals surface area contributed by atoms with E-state index in [0.717, 1.165) is 37.1 Å². The lowest BCUT2D eigenvalue weighted by atomic mass is 9.90. The molecule has 6 aromatic carbocycles. The molecule has 1 saturated carbocycles. The summed E-state index contributed by atoms with van der Waals surface area (Å²) >= 11 is 0. The Balaban J connectivity index is 0.000000669. The van der Waals surface area contributed by atoms with Gasteiger partial charge in [-0.2, -0.15) is 0 Å². The van der Waals surface area contributed by atoms with Crippen molar-refractivity contribution in [1.29, 1.82) is 0 Å². The Morgan fingerprint density at radius 2 is 1.23 bits per heavy atom. The Hall–Kier alpha value is -3.94. The van der Waals surface area contributed by atoms with Crippen LogP contribution in [0.4, 0.5) is 0 Å². The second-order valence-electron chi connectivity index (χ2n) is 14.9. The van der Waals surface area contributed by atoms with Gasteiger partial charge in [-0.3, -0.25) is 0 Å². The smallest absolute Gasteiger partial charge is 0.0196 e. The molecule has 0 amide bonds. The molecule has 1 heterocycles. The summed E-state index contributed by atoms with van der Waals surface area (Å²) in [7, 11) is 0. The van der Waals surface area contributed by atoms with Crippen LogP contribution in [-0.4, -0.2) is 12.6 Å². The number of hydrogen-bond donors (Lipinski definition) is 1. The molecular weight excluding hydrogens is 579 g/mol. The maximum atomic E-state index is 3.43. The van der Waals surface area contributed by atoms with Crippen LogP contribution < -0.4 is 5.32 Å². The average molecular weight is 632 g/mol. The quantitative estimate of drug-likeness (QED) is 0.141. The number of fused-ring (bicyclic) bond motifs is 3. The average Bonchev–Trinajstić information content (AvgIpc) is 4.05. The van der Waals surface area contributed by atoms with Crippen molar-refractivity contribution in [3.8, 4) is 11.1 Å². The molecule has 1 heteroatoms. The van der Waals surface area contributed by atoms with Crippen LogP contribution in [-0.2, 0) is 19.3 Å². The first-order chi connectivity index (χ1) is 23.4. The van der Waals surface area contributed by atoms with Gasteiger partial charge in [0.15, 0.2) is 0 Å². The minimum atomic E-state index is 0.723. The molecule has 246 valence electrons. The molecular formula is C47H53N. The van der Waals surface area contributed by atoms with Crippen LogP contribution in [0, 0.1) is 18.8 Å². The van der Waals surface area contributed by atoms with Gasteiger partial charge in [0.25, 0.3) is 0 Å². The zero-order valence-corrected chi connectivity index (χ0v) is 29.6. The molecule has 2 fully saturated rings. The zero-order chi connectivity index (χ0) is 33.0. The van der Waals surface area contributed by atoms with E-state index in [1.165, 1.54) is 116 Å². The lowest BCUT2D eigenvalue weighted by molar-refractivity contribution is 0.517. The van der Waals surface area contributed by atoms with Crippen molar-refractivity contribution in [2.75, 3.05) is 6.54 Å². The Bertz CT molecular complexity index is 2030. The van der Waals surface area contributed by atoms with Crippen molar-refractivity contribution < 1.29 is 0 Å². The first-order valence-corrected chi connectivity index (χ1v) is 18.8. The molecule has 1 N–H and O–H groups in total. The van der Waals surface area contributed by atoms with E-state index in [4.69, 9.17) is 0 Å². The van der Waals surface area contributed by atoms with Gasteiger partial charge in [-0.1, -0.05) is 144 Å². The first kappa shape index (κ1) is 32.6. The summed E-state index contributed by atoms with van der Waals surface area (Å²) < 4.78 is 0. The molecule has 2 unspecified atom stereocenters. The largest absolute Gasteiger partial charge is 0.311 e. The molecule has 8 rings (SSSR count). The van der Waals surface area contributed by atoms with E-state index in [9.17, 15) is 0 Å². The van der Waals surface area contributed by atoms with Gasteiger partial charge >= 0.3 is 0 Å². The molecule has 1 aliphatic carbocycles. The van der Waals surface area contributed by atoms with Gasteiger partial charge in [-0.25, -0.2) is 0 Å². The van der Waals surface area contributed by atoms with Crippen LogP contribution >= 0.6 is 0 Å². The van der Waals surface area contributed by atoms with Crippen molar-refractivity contribution in [3.05, 3.63) is 131 Å². The Morgan fingerprint density at radius 3 is 1.88 bits per heavy atom. The fourth-order valence-corrected chi connectivity index (χ4v) is 7.19. The molecule has 6 aromatic rings. The minimum Gasteiger partial charge on any atom is -0.311 e. The maximum Gasteiger partial charge on any atom is 0.0196 e. The van der Waals surface area contributed by atoms with Crippen molar-refractivity contribution in [1.82, 2.24) is 5.32 Å². The zero-order valence-electron chi connectivity index (χ0n) is 29.6. The van der Waals surface area contributed by atoms with E-state index in [1.807, 2.05) is 0 Å². The molecule has 48 heavy (non-hydrogen) atoms. The molecule has 2 atom stereocenters. The lowest BCUT2D eigenvalue weighted by Crippen LogP contribution is -1.95. The molecule has 1 saturated heterocycles. The number of nitrogens with one attached hydrogen (secondary N) is 1. The third-order valence-electron chi connectivity index (χ3n) is 11.0. The molecule has 0 bridgehead atoms. The summed E-state index contributed by atoms with van der Waals surface area (Å²) in [6.07, 6.45) is 11.4. The first-order valence-electron chi connectivity index (χ1n) is 18.8. The summed E-state index contributed by atoms with van der Waals surface area (Å²) in [6.45, 7) is 10.4. The highest BCUT2D eigenvalue weighted by atomic mass is 15.1. The predicted molar refractivity (Wildman–Crippen MR) is 209 cm³/mol. The number of aryl methyl sites for hydroxylation is 3. The van der Waals surface area contributed by atoms with Crippen molar-refractivity contribution >= 4 is 32.3 Å². The highest BCUT2D eigenvalue weighted by Crippen LogP contribution is 2.35. The van der Waals surface area contributed by atoms with Gasteiger partial charge in [-0.05, 0) is 128 Å². The van der Waals surface area contributed by atoms with Crippen LogP contribution in [0.2, 0.25) is 0 Å². The van der Waals surface area contributed by atoms with Gasteiger partial charge in [-0.15, -0.1) is 0 Å². The third kappa shape index (κ3) is 8.01. The van der Waals surface area contributed by atoms with E-state index < -0.39 is 0 Å². The minimum absolute atomic E-state index is 0.723. The van der Waals surface area contributed by atoms with Crippen LogP contribution in [0.5, 0.6) is 0 Å². The van der Waals surface area contributed by atoms with Gasteiger partial charge in [0, 0.05) is 12.6 Å². The lowest BCUT2D eigenvalue weighted by Gasteiger charge is -2.14. The number of hydrogen-bond acceptors (Lipinski definition) is 1. The summed E-state index contributed by atoms with van der Waals surface area (Å²) in [5.41, 5.74) is 9.63. The summed E-state index contributed by atoms with van der Waals surface area (Å²) in [6, 6.07) is 40.4. The van der Waals surface area contributed by atoms with E-state index in [0.29, 0.717) is 0 Å². The van der Waals surface area contributed by atoms with Crippen LogP contribution in [0.3, 0.4) is 0 Å². The van der Waals surface area contributed by atoms with E-state index in [1.54, 1.807) is 0 Å². The molecule has 2 aliphatic rings. The Kier molecular flexibility index (Phi) is 9.96. The summed E-state index contributed by atoms with van der Waals surface area (Å²) in [5.74, 6) is 1.92. The van der Waals surface area contributed by atoms with Crippen molar-refractivity contribution in [2.45, 2.75) is 91.5 Å². The molecule has 0 radical (unpaired) electrons. The van der Waals surface area contributed by atoms with Crippen molar-refractivity contribution in [3.63, 3.8) is 0 Å². The van der Waals surface area contributed by atoms with Crippen LogP contribution in [0.1, 0.15) is 87.1 Å². The predicted octanol–water partition coefficient (Wildman–Crippen LogP) is 12.4. The van der Waals surface area contributed by atoms with E-state index in [-0.39, 0.29) is 0 Å². The highest BCUT2D eigenvalue weighted by molar-refractivity contribution is 6.01. The monoisotopic (exact) mass is 631 g/mol. The fraction of sp³-hybridized carbons (Fsp3) is 0.362. The topological polar surface area (TPSA) is 21.9 Å². The number of benzene rings is 6. The van der Waals surface area contributed by atoms with E-state index >= 15 is 0 Å². The van der Waals surface area contributed by atoms with Gasteiger partial charge in [0.05, 0.1) is 0 Å². The molecule has 1 nitrogen and oxygen atoms in total.